The number of hydrogen-bond acceptors (Lipinski definition) is 4. The molecule has 2 aliphatic rings. The number of ether oxygens (including phenoxy) is 1. The summed E-state index contributed by atoms with van der Waals surface area (Å²) in [6, 6.07) is 0.879. The van der Waals surface area contributed by atoms with Crippen molar-refractivity contribution in [1.29, 1.82) is 0 Å². The zero-order valence-corrected chi connectivity index (χ0v) is 17.7. The zero-order chi connectivity index (χ0) is 19.6. The second kappa shape index (κ2) is 11.4. The standard InChI is InChI=1S/C20H39N5O2/c1-5-27-20(26)25-13-11-17(12-14-25)23-19(21-2)22-15-18(24(3)4)16-9-7-6-8-10-16/h16-18H,5-15H2,1-4H3,(H2,21,22,23). The van der Waals surface area contributed by atoms with E-state index in [1.807, 2.05) is 14.0 Å². The summed E-state index contributed by atoms with van der Waals surface area (Å²) in [7, 11) is 6.19. The number of guanidine groups is 1. The summed E-state index contributed by atoms with van der Waals surface area (Å²) in [6.07, 6.45) is 8.42. The lowest BCUT2D eigenvalue weighted by molar-refractivity contribution is 0.0963. The van der Waals surface area contributed by atoms with Crippen LogP contribution >= 0.6 is 0 Å². The topological polar surface area (TPSA) is 69.2 Å². The van der Waals surface area contributed by atoms with Crippen LogP contribution in [0.15, 0.2) is 4.99 Å². The van der Waals surface area contributed by atoms with Gasteiger partial charge in [-0.2, -0.15) is 0 Å². The number of hydrogen-bond donors (Lipinski definition) is 2. The highest BCUT2D eigenvalue weighted by molar-refractivity contribution is 5.80. The summed E-state index contributed by atoms with van der Waals surface area (Å²) in [4.78, 5) is 20.4. The van der Waals surface area contributed by atoms with E-state index in [9.17, 15) is 4.79 Å². The molecule has 0 aromatic carbocycles. The molecule has 1 atom stereocenters. The monoisotopic (exact) mass is 381 g/mol. The van der Waals surface area contributed by atoms with E-state index in [1.54, 1.807) is 4.90 Å². The lowest BCUT2D eigenvalue weighted by Crippen LogP contribution is -2.52. The van der Waals surface area contributed by atoms with Crippen LogP contribution in [0.25, 0.3) is 0 Å². The van der Waals surface area contributed by atoms with Gasteiger partial charge >= 0.3 is 6.09 Å². The molecule has 1 unspecified atom stereocenters. The molecule has 1 aliphatic heterocycles. The molecule has 7 heteroatoms. The Labute approximate surface area is 164 Å². The number of amides is 1. The molecule has 2 N–H and O–H groups in total. The van der Waals surface area contributed by atoms with Gasteiger partial charge in [-0.3, -0.25) is 4.99 Å². The van der Waals surface area contributed by atoms with Crippen LogP contribution in [0.5, 0.6) is 0 Å². The van der Waals surface area contributed by atoms with Crippen molar-refractivity contribution in [2.45, 2.75) is 64.0 Å². The third-order valence-corrected chi connectivity index (χ3v) is 5.92. The van der Waals surface area contributed by atoms with Crippen molar-refractivity contribution >= 4 is 12.1 Å². The van der Waals surface area contributed by atoms with Crippen LogP contribution in [-0.2, 0) is 4.74 Å². The van der Waals surface area contributed by atoms with Gasteiger partial charge in [-0.25, -0.2) is 4.79 Å². The molecular weight excluding hydrogens is 342 g/mol. The summed E-state index contributed by atoms with van der Waals surface area (Å²) >= 11 is 0. The molecular formula is C20H39N5O2. The molecule has 2 rings (SSSR count). The Bertz CT molecular complexity index is 469. The van der Waals surface area contributed by atoms with Crippen molar-refractivity contribution in [3.05, 3.63) is 0 Å². The smallest absolute Gasteiger partial charge is 0.409 e. The maximum Gasteiger partial charge on any atom is 0.409 e. The molecule has 7 nitrogen and oxygen atoms in total. The highest BCUT2D eigenvalue weighted by atomic mass is 16.6. The van der Waals surface area contributed by atoms with Gasteiger partial charge < -0.3 is 25.2 Å². The van der Waals surface area contributed by atoms with Crippen LogP contribution in [0.1, 0.15) is 51.9 Å². The molecule has 27 heavy (non-hydrogen) atoms. The van der Waals surface area contributed by atoms with Crippen LogP contribution in [0, 0.1) is 5.92 Å². The van der Waals surface area contributed by atoms with Gasteiger partial charge in [0.2, 0.25) is 0 Å². The van der Waals surface area contributed by atoms with Crippen molar-refractivity contribution in [2.24, 2.45) is 10.9 Å². The molecule has 0 aromatic heterocycles. The maximum atomic E-state index is 11.8. The van der Waals surface area contributed by atoms with E-state index in [0.717, 1.165) is 44.4 Å². The number of aliphatic imine (C=N–C) groups is 1. The van der Waals surface area contributed by atoms with E-state index in [4.69, 9.17) is 4.74 Å². The summed E-state index contributed by atoms with van der Waals surface area (Å²) in [5.41, 5.74) is 0. The zero-order valence-electron chi connectivity index (χ0n) is 17.7. The molecule has 1 saturated carbocycles. The number of nitrogens with one attached hydrogen (secondary N) is 2. The summed E-state index contributed by atoms with van der Waals surface area (Å²) in [5, 5.41) is 7.08. The molecule has 1 aliphatic carbocycles. The van der Waals surface area contributed by atoms with Crippen LogP contribution in [0.2, 0.25) is 0 Å². The molecule has 0 aromatic rings. The minimum Gasteiger partial charge on any atom is -0.450 e. The average Bonchev–Trinajstić information content (AvgIpc) is 2.68. The van der Waals surface area contributed by atoms with E-state index in [1.165, 1.54) is 32.1 Å². The number of carbonyl (C=O) groups is 1. The fraction of sp³-hybridized carbons (Fsp3) is 0.900. The maximum absolute atomic E-state index is 11.8. The highest BCUT2D eigenvalue weighted by Gasteiger charge is 2.27. The van der Waals surface area contributed by atoms with Crippen LogP contribution in [0.3, 0.4) is 0 Å². The Morgan fingerprint density at radius 2 is 1.85 bits per heavy atom. The van der Waals surface area contributed by atoms with E-state index in [0.29, 0.717) is 18.7 Å². The van der Waals surface area contributed by atoms with Crippen molar-refractivity contribution in [3.8, 4) is 0 Å². The summed E-state index contributed by atoms with van der Waals surface area (Å²) < 4.78 is 5.09. The predicted octanol–water partition coefficient (Wildman–Crippen LogP) is 2.28. The van der Waals surface area contributed by atoms with Crippen LogP contribution in [-0.4, -0.2) is 81.3 Å². The number of rotatable bonds is 6. The second-order valence-electron chi connectivity index (χ2n) is 7.99. The number of piperidine rings is 1. The fourth-order valence-electron chi connectivity index (χ4n) is 4.30. The molecule has 2 fully saturated rings. The van der Waals surface area contributed by atoms with Gasteiger partial charge in [-0.05, 0) is 52.6 Å². The van der Waals surface area contributed by atoms with E-state index < -0.39 is 0 Å². The SMILES string of the molecule is CCOC(=O)N1CCC(NC(=NC)NCC(C2CCCCC2)N(C)C)CC1. The lowest BCUT2D eigenvalue weighted by atomic mass is 9.83. The Morgan fingerprint density at radius 3 is 2.41 bits per heavy atom. The lowest BCUT2D eigenvalue weighted by Gasteiger charge is -2.36. The number of likely N-dealkylation sites (N-methyl/N-ethyl adjacent to an activating group) is 1. The minimum atomic E-state index is -0.195. The first kappa shape index (κ1) is 21.8. The highest BCUT2D eigenvalue weighted by Crippen LogP contribution is 2.28. The molecule has 156 valence electrons. The predicted molar refractivity (Wildman–Crippen MR) is 110 cm³/mol. The first-order valence-electron chi connectivity index (χ1n) is 10.6. The second-order valence-corrected chi connectivity index (χ2v) is 7.99. The first-order chi connectivity index (χ1) is 13.0. The van der Waals surface area contributed by atoms with Crippen molar-refractivity contribution < 1.29 is 9.53 Å². The minimum absolute atomic E-state index is 0.195. The first-order valence-corrected chi connectivity index (χ1v) is 10.6. The number of likely N-dealkylation sites (tertiary alicyclic amines) is 1. The molecule has 0 bridgehead atoms. The van der Waals surface area contributed by atoms with Crippen molar-refractivity contribution in [3.63, 3.8) is 0 Å². The Hall–Kier alpha value is -1.50. The number of nitrogens with zero attached hydrogens (tertiary/aromatic N) is 3. The van der Waals surface area contributed by atoms with Gasteiger partial charge in [0.25, 0.3) is 0 Å². The fourth-order valence-corrected chi connectivity index (χ4v) is 4.30. The van der Waals surface area contributed by atoms with Gasteiger partial charge in [0, 0.05) is 38.8 Å². The van der Waals surface area contributed by atoms with Gasteiger partial charge in [0.1, 0.15) is 0 Å². The Kier molecular flexibility index (Phi) is 9.18. The Morgan fingerprint density at radius 1 is 1.19 bits per heavy atom. The normalized spacial score (nSPS) is 21.2. The molecule has 1 saturated heterocycles. The molecule has 1 heterocycles. The van der Waals surface area contributed by atoms with Crippen molar-refractivity contribution in [1.82, 2.24) is 20.4 Å². The third kappa shape index (κ3) is 6.87. The quantitative estimate of drug-likeness (QED) is 0.546. The van der Waals surface area contributed by atoms with Crippen LogP contribution < -0.4 is 10.6 Å². The van der Waals surface area contributed by atoms with Crippen LogP contribution in [0.4, 0.5) is 4.79 Å². The summed E-state index contributed by atoms with van der Waals surface area (Å²) in [6.45, 7) is 4.66. The van der Waals surface area contributed by atoms with Gasteiger partial charge in [0.15, 0.2) is 5.96 Å². The third-order valence-electron chi connectivity index (χ3n) is 5.92. The average molecular weight is 382 g/mol. The van der Waals surface area contributed by atoms with E-state index >= 15 is 0 Å². The van der Waals surface area contributed by atoms with Gasteiger partial charge in [-0.1, -0.05) is 19.3 Å². The molecule has 0 spiro atoms. The molecule has 1 amide bonds. The Balaban J connectivity index is 1.77. The van der Waals surface area contributed by atoms with Gasteiger partial charge in [0.05, 0.1) is 6.61 Å². The number of carbonyl (C=O) groups excluding carboxylic acids is 1. The van der Waals surface area contributed by atoms with Gasteiger partial charge in [-0.15, -0.1) is 0 Å². The molecule has 0 radical (unpaired) electrons. The van der Waals surface area contributed by atoms with Crippen molar-refractivity contribution in [2.75, 3.05) is 47.4 Å². The largest absolute Gasteiger partial charge is 0.450 e. The summed E-state index contributed by atoms with van der Waals surface area (Å²) in [5.74, 6) is 1.64. The van der Waals surface area contributed by atoms with E-state index in [-0.39, 0.29) is 6.09 Å². The van der Waals surface area contributed by atoms with E-state index in [2.05, 4.69) is 34.6 Å².